The van der Waals surface area contributed by atoms with E-state index >= 15 is 0 Å². The molecule has 132 valence electrons. The van der Waals surface area contributed by atoms with Gasteiger partial charge in [0.2, 0.25) is 0 Å². The maximum Gasteiger partial charge on any atom is 0.262 e. The monoisotopic (exact) mass is 357 g/mol. The predicted molar refractivity (Wildman–Crippen MR) is 89.0 cm³/mol. The van der Waals surface area contributed by atoms with Crippen LogP contribution in [0, 0.1) is 11.3 Å². The number of carbonyl (C=O) groups excluding carboxylic acids is 1. The maximum atomic E-state index is 13.1. The molecule has 0 aliphatic heterocycles. The van der Waals surface area contributed by atoms with Crippen LogP contribution in [0.2, 0.25) is 0 Å². The number of alkyl halides is 2. The second kappa shape index (κ2) is 6.36. The Hall–Kier alpha value is -3.61. The number of fused-ring (bicyclic) bond motifs is 1. The van der Waals surface area contributed by atoms with E-state index in [-0.39, 0.29) is 17.1 Å². The van der Waals surface area contributed by atoms with Gasteiger partial charge in [-0.2, -0.15) is 15.0 Å². The van der Waals surface area contributed by atoms with Gasteiger partial charge in [-0.05, 0) is 6.07 Å². The lowest BCUT2D eigenvalue weighted by atomic mass is 10.2. The molecule has 26 heavy (non-hydrogen) atoms. The molecular weight excluding hydrogens is 344 g/mol. The topological polar surface area (TPSA) is 123 Å². The van der Waals surface area contributed by atoms with E-state index in [1.54, 1.807) is 6.07 Å². The molecular formula is C16H13F2N7O. The summed E-state index contributed by atoms with van der Waals surface area (Å²) < 4.78 is 27.7. The number of hydrogen-bond acceptors (Lipinski definition) is 6. The molecule has 0 atom stereocenters. The first-order valence-corrected chi connectivity index (χ1v) is 7.44. The Balaban J connectivity index is 2.06. The Morgan fingerprint density at radius 1 is 1.35 bits per heavy atom. The third kappa shape index (κ3) is 3.41. The summed E-state index contributed by atoms with van der Waals surface area (Å²) in [5.41, 5.74) is 6.17. The average molecular weight is 357 g/mol. The van der Waals surface area contributed by atoms with Crippen molar-refractivity contribution in [3.05, 3.63) is 41.9 Å². The molecule has 0 unspecified atom stereocenters. The fourth-order valence-electron chi connectivity index (χ4n) is 2.30. The van der Waals surface area contributed by atoms with Crippen LogP contribution >= 0.6 is 0 Å². The van der Waals surface area contributed by atoms with E-state index in [1.807, 2.05) is 6.07 Å². The van der Waals surface area contributed by atoms with Crippen molar-refractivity contribution in [2.24, 2.45) is 5.73 Å². The lowest BCUT2D eigenvalue weighted by molar-refractivity contribution is 0.0367. The number of nitrogens with two attached hydrogens (primary N) is 1. The quantitative estimate of drug-likeness (QED) is 0.718. The summed E-state index contributed by atoms with van der Waals surface area (Å²) in [6.45, 7) is 0.0735. The first kappa shape index (κ1) is 17.2. The molecule has 0 bridgehead atoms. The largest absolute Gasteiger partial charge is 0.378 e. The second-order valence-electron chi connectivity index (χ2n) is 5.68. The first-order valence-electron chi connectivity index (χ1n) is 7.44. The van der Waals surface area contributed by atoms with Gasteiger partial charge in [0.1, 0.15) is 6.07 Å². The fourth-order valence-corrected chi connectivity index (χ4v) is 2.30. The van der Waals surface area contributed by atoms with Gasteiger partial charge in [0.15, 0.2) is 11.5 Å². The summed E-state index contributed by atoms with van der Waals surface area (Å²) in [6, 6.07) is 4.98. The highest BCUT2D eigenvalue weighted by Crippen LogP contribution is 2.22. The maximum absolute atomic E-state index is 13.1. The van der Waals surface area contributed by atoms with Crippen molar-refractivity contribution >= 4 is 22.6 Å². The Bertz CT molecular complexity index is 1030. The van der Waals surface area contributed by atoms with E-state index in [4.69, 9.17) is 11.0 Å². The van der Waals surface area contributed by atoms with Crippen LogP contribution < -0.4 is 11.1 Å². The lowest BCUT2D eigenvalue weighted by Crippen LogP contribution is -2.25. The molecule has 10 heteroatoms. The minimum atomic E-state index is -2.98. The minimum absolute atomic E-state index is 0.0193. The summed E-state index contributed by atoms with van der Waals surface area (Å²) in [6.07, 6.45) is 4.07. The molecule has 3 N–H and O–H groups in total. The van der Waals surface area contributed by atoms with Crippen molar-refractivity contribution in [2.75, 3.05) is 11.9 Å². The van der Waals surface area contributed by atoms with E-state index in [0.29, 0.717) is 16.6 Å². The zero-order chi connectivity index (χ0) is 18.9. The summed E-state index contributed by atoms with van der Waals surface area (Å²) in [4.78, 5) is 19.8. The minimum Gasteiger partial charge on any atom is -0.378 e. The Labute approximate surface area is 146 Å². The van der Waals surface area contributed by atoms with E-state index in [0.717, 1.165) is 6.92 Å². The van der Waals surface area contributed by atoms with Crippen LogP contribution in [0.25, 0.3) is 16.9 Å². The number of nitriles is 1. The molecule has 0 fully saturated rings. The van der Waals surface area contributed by atoms with Gasteiger partial charge >= 0.3 is 0 Å². The molecule has 0 spiro atoms. The first-order chi connectivity index (χ1) is 12.3. The van der Waals surface area contributed by atoms with Crippen LogP contribution in [0.3, 0.4) is 0 Å². The lowest BCUT2D eigenvalue weighted by Gasteiger charge is -2.15. The number of primary amides is 1. The highest BCUT2D eigenvalue weighted by atomic mass is 19.3. The van der Waals surface area contributed by atoms with Crippen LogP contribution in [0.4, 0.5) is 14.5 Å². The summed E-state index contributed by atoms with van der Waals surface area (Å²) in [5.74, 6) is -3.52. The smallest absolute Gasteiger partial charge is 0.262 e. The molecule has 3 aromatic rings. The SMILES string of the molecule is CC(F)(F)CNc1cc(-n2ncc3cc(C#N)cnc32)ncc1C(N)=O. The number of rotatable bonds is 5. The van der Waals surface area contributed by atoms with Crippen molar-refractivity contribution in [3.8, 4) is 11.9 Å². The number of aromatic nitrogens is 4. The molecule has 0 radical (unpaired) electrons. The van der Waals surface area contributed by atoms with Gasteiger partial charge in [-0.15, -0.1) is 0 Å². The standard InChI is InChI=1S/C16H13F2N7O/c1-16(17,18)8-23-12-3-13(21-7-11(12)14(20)26)25-15-10(6-24-25)2-9(4-19)5-22-15/h2-3,5-7H,8H2,1H3,(H2,20,26)(H,21,23). The Morgan fingerprint density at radius 3 is 2.77 bits per heavy atom. The van der Waals surface area contributed by atoms with E-state index in [1.165, 1.54) is 29.3 Å². The zero-order valence-electron chi connectivity index (χ0n) is 13.6. The third-order valence-corrected chi connectivity index (χ3v) is 3.50. The number of hydrogen-bond donors (Lipinski definition) is 2. The molecule has 8 nitrogen and oxygen atoms in total. The third-order valence-electron chi connectivity index (χ3n) is 3.50. The van der Waals surface area contributed by atoms with E-state index in [2.05, 4.69) is 20.4 Å². The molecule has 0 aliphatic rings. The number of nitrogens with one attached hydrogen (secondary N) is 1. The predicted octanol–water partition coefficient (Wildman–Crippen LogP) is 1.85. The number of nitrogens with zero attached hydrogens (tertiary/aromatic N) is 5. The summed E-state index contributed by atoms with van der Waals surface area (Å²) in [7, 11) is 0. The highest BCUT2D eigenvalue weighted by molar-refractivity contribution is 5.98. The van der Waals surface area contributed by atoms with Crippen molar-refractivity contribution in [2.45, 2.75) is 12.8 Å². The summed E-state index contributed by atoms with van der Waals surface area (Å²) >= 11 is 0. The molecule has 3 heterocycles. The molecule has 3 aromatic heterocycles. The number of anilines is 1. The van der Waals surface area contributed by atoms with Crippen molar-refractivity contribution in [3.63, 3.8) is 0 Å². The van der Waals surface area contributed by atoms with Crippen molar-refractivity contribution < 1.29 is 13.6 Å². The number of carbonyl (C=O) groups is 1. The molecule has 0 saturated heterocycles. The number of halogens is 2. The van der Waals surface area contributed by atoms with Gasteiger partial charge in [-0.1, -0.05) is 0 Å². The molecule has 0 aromatic carbocycles. The van der Waals surface area contributed by atoms with Crippen LogP contribution in [0.1, 0.15) is 22.8 Å². The molecule has 1 amide bonds. The molecule has 3 rings (SSSR count). The second-order valence-corrected chi connectivity index (χ2v) is 5.68. The van der Waals surface area contributed by atoms with Crippen molar-refractivity contribution in [1.29, 1.82) is 5.26 Å². The van der Waals surface area contributed by atoms with E-state index < -0.39 is 18.4 Å². The van der Waals surface area contributed by atoms with Gasteiger partial charge in [-0.3, -0.25) is 4.79 Å². The van der Waals surface area contributed by atoms with Crippen LogP contribution in [0.5, 0.6) is 0 Å². The van der Waals surface area contributed by atoms with Crippen molar-refractivity contribution in [1.82, 2.24) is 19.7 Å². The normalized spacial score (nSPS) is 11.3. The Morgan fingerprint density at radius 2 is 2.12 bits per heavy atom. The zero-order valence-corrected chi connectivity index (χ0v) is 13.6. The highest BCUT2D eigenvalue weighted by Gasteiger charge is 2.22. The van der Waals surface area contributed by atoms with Crippen LogP contribution in [0.15, 0.2) is 30.7 Å². The van der Waals surface area contributed by atoms with Crippen LogP contribution in [-0.2, 0) is 0 Å². The average Bonchev–Trinajstić information content (AvgIpc) is 3.01. The summed E-state index contributed by atoms with van der Waals surface area (Å²) in [5, 5.41) is 16.2. The fraction of sp³-hybridized carbons (Fsp3) is 0.188. The van der Waals surface area contributed by atoms with Crippen LogP contribution in [-0.4, -0.2) is 38.1 Å². The number of amides is 1. The number of pyridine rings is 2. The van der Waals surface area contributed by atoms with Gasteiger partial charge in [0, 0.05) is 30.8 Å². The molecule has 0 aliphatic carbocycles. The van der Waals surface area contributed by atoms with Gasteiger partial charge in [0.25, 0.3) is 11.8 Å². The Kier molecular flexibility index (Phi) is 4.21. The van der Waals surface area contributed by atoms with Gasteiger partial charge < -0.3 is 11.1 Å². The van der Waals surface area contributed by atoms with E-state index in [9.17, 15) is 13.6 Å². The molecule has 0 saturated carbocycles. The van der Waals surface area contributed by atoms with Gasteiger partial charge in [-0.25, -0.2) is 18.7 Å². The van der Waals surface area contributed by atoms with Gasteiger partial charge in [0.05, 0.1) is 29.6 Å².